The van der Waals surface area contributed by atoms with E-state index in [2.05, 4.69) is 17.3 Å². The highest BCUT2D eigenvalue weighted by atomic mass is 35.5. The van der Waals surface area contributed by atoms with Crippen LogP contribution in [0.3, 0.4) is 0 Å². The number of ether oxygens (including phenoxy) is 1. The van der Waals surface area contributed by atoms with E-state index in [1.54, 1.807) is 7.11 Å². The fourth-order valence-electron chi connectivity index (χ4n) is 1.94. The molecule has 0 radical (unpaired) electrons. The molecule has 1 rings (SSSR count). The number of methoxy groups -OCH3 is 1. The Balaban J connectivity index is 2.75. The van der Waals surface area contributed by atoms with Crippen LogP contribution in [-0.4, -0.2) is 39.3 Å². The average Bonchev–Trinajstić information content (AvgIpc) is 2.26. The first-order chi connectivity index (χ1) is 8.08. The Kier molecular flexibility index (Phi) is 5.75. The van der Waals surface area contributed by atoms with E-state index in [1.165, 1.54) is 5.56 Å². The van der Waals surface area contributed by atoms with E-state index in [1.807, 2.05) is 26.1 Å². The lowest BCUT2D eigenvalue weighted by Gasteiger charge is -2.17. The largest absolute Gasteiger partial charge is 0.496 e. The van der Waals surface area contributed by atoms with Crippen molar-refractivity contribution in [2.24, 2.45) is 0 Å². The zero-order valence-electron chi connectivity index (χ0n) is 11.0. The molecule has 0 atom stereocenters. The van der Waals surface area contributed by atoms with Gasteiger partial charge in [0.1, 0.15) is 5.75 Å². The number of hydrogen-bond donors (Lipinski definition) is 1. The normalized spacial score (nSPS) is 10.9. The predicted molar refractivity (Wildman–Crippen MR) is 73.0 cm³/mol. The molecule has 1 aromatic carbocycles. The number of aryl methyl sites for hydroxylation is 1. The SMILES string of the molecule is CNCN(C)CCc1cc(Cl)cc(C)c1OC. The van der Waals surface area contributed by atoms with Crippen molar-refractivity contribution in [2.75, 3.05) is 34.4 Å². The molecular formula is C13H21ClN2O. The quantitative estimate of drug-likeness (QED) is 0.791. The molecule has 0 aromatic heterocycles. The molecule has 0 unspecified atom stereocenters. The fraction of sp³-hybridized carbons (Fsp3) is 0.538. The van der Waals surface area contributed by atoms with Gasteiger partial charge in [0.05, 0.1) is 7.11 Å². The summed E-state index contributed by atoms with van der Waals surface area (Å²) in [7, 11) is 5.73. The topological polar surface area (TPSA) is 24.5 Å². The Hall–Kier alpha value is -0.770. The Bertz CT molecular complexity index is 369. The summed E-state index contributed by atoms with van der Waals surface area (Å²) in [5.41, 5.74) is 2.26. The van der Waals surface area contributed by atoms with Crippen LogP contribution >= 0.6 is 11.6 Å². The molecule has 4 heteroatoms. The van der Waals surface area contributed by atoms with Gasteiger partial charge in [0.15, 0.2) is 0 Å². The van der Waals surface area contributed by atoms with Crippen LogP contribution in [0.25, 0.3) is 0 Å². The maximum absolute atomic E-state index is 6.07. The standard InChI is InChI=1S/C13H21ClN2O/c1-10-7-12(14)8-11(13(10)17-4)5-6-16(3)9-15-2/h7-8,15H,5-6,9H2,1-4H3. The minimum Gasteiger partial charge on any atom is -0.496 e. The second-order valence-electron chi connectivity index (χ2n) is 4.26. The highest BCUT2D eigenvalue weighted by Crippen LogP contribution is 2.27. The van der Waals surface area contributed by atoms with Gasteiger partial charge < -0.3 is 10.1 Å². The van der Waals surface area contributed by atoms with Gasteiger partial charge in [-0.15, -0.1) is 0 Å². The van der Waals surface area contributed by atoms with Gasteiger partial charge in [-0.3, -0.25) is 4.90 Å². The minimum atomic E-state index is 0.773. The van der Waals surface area contributed by atoms with Gasteiger partial charge in [-0.1, -0.05) is 11.6 Å². The Morgan fingerprint density at radius 1 is 1.41 bits per heavy atom. The van der Waals surface area contributed by atoms with Crippen molar-refractivity contribution in [3.8, 4) is 5.75 Å². The third-order valence-corrected chi connectivity index (χ3v) is 2.93. The minimum absolute atomic E-state index is 0.773. The summed E-state index contributed by atoms with van der Waals surface area (Å²) in [6, 6.07) is 3.92. The molecule has 96 valence electrons. The summed E-state index contributed by atoms with van der Waals surface area (Å²) in [6.07, 6.45) is 0.933. The van der Waals surface area contributed by atoms with Gasteiger partial charge in [-0.25, -0.2) is 0 Å². The molecule has 0 aliphatic rings. The zero-order chi connectivity index (χ0) is 12.8. The average molecular weight is 257 g/mol. The summed E-state index contributed by atoms with van der Waals surface area (Å²) in [4.78, 5) is 2.22. The van der Waals surface area contributed by atoms with Crippen molar-refractivity contribution in [3.63, 3.8) is 0 Å². The molecular weight excluding hydrogens is 236 g/mol. The van der Waals surface area contributed by atoms with Gasteiger partial charge in [-0.2, -0.15) is 0 Å². The third kappa shape index (κ3) is 4.19. The lowest BCUT2D eigenvalue weighted by atomic mass is 10.1. The molecule has 1 N–H and O–H groups in total. The van der Waals surface area contributed by atoms with Crippen LogP contribution in [0.5, 0.6) is 5.75 Å². The first-order valence-corrected chi connectivity index (χ1v) is 6.12. The molecule has 0 heterocycles. The Morgan fingerprint density at radius 3 is 2.71 bits per heavy atom. The number of hydrogen-bond acceptors (Lipinski definition) is 3. The maximum atomic E-state index is 6.07. The number of rotatable bonds is 6. The van der Waals surface area contributed by atoms with E-state index in [0.717, 1.165) is 36.0 Å². The summed E-state index contributed by atoms with van der Waals surface area (Å²) in [6.45, 7) is 3.87. The summed E-state index contributed by atoms with van der Waals surface area (Å²) < 4.78 is 5.43. The molecule has 0 saturated carbocycles. The molecule has 0 saturated heterocycles. The molecule has 3 nitrogen and oxygen atoms in total. The lowest BCUT2D eigenvalue weighted by molar-refractivity contribution is 0.318. The van der Waals surface area contributed by atoms with Gasteiger partial charge in [0.2, 0.25) is 0 Å². The summed E-state index contributed by atoms with van der Waals surface area (Å²) in [5.74, 6) is 0.951. The van der Waals surface area contributed by atoms with E-state index < -0.39 is 0 Å². The summed E-state index contributed by atoms with van der Waals surface area (Å²) >= 11 is 6.07. The highest BCUT2D eigenvalue weighted by molar-refractivity contribution is 6.30. The number of nitrogens with one attached hydrogen (secondary N) is 1. The molecule has 0 fully saturated rings. The van der Waals surface area contributed by atoms with E-state index in [0.29, 0.717) is 0 Å². The van der Waals surface area contributed by atoms with Crippen LogP contribution in [0.15, 0.2) is 12.1 Å². The van der Waals surface area contributed by atoms with Crippen molar-refractivity contribution in [2.45, 2.75) is 13.3 Å². The first kappa shape index (κ1) is 14.3. The van der Waals surface area contributed by atoms with Crippen LogP contribution in [0.4, 0.5) is 0 Å². The monoisotopic (exact) mass is 256 g/mol. The number of nitrogens with zero attached hydrogens (tertiary/aromatic N) is 1. The first-order valence-electron chi connectivity index (χ1n) is 5.74. The molecule has 0 spiro atoms. The zero-order valence-corrected chi connectivity index (χ0v) is 11.8. The van der Waals surface area contributed by atoms with Crippen molar-refractivity contribution in [1.82, 2.24) is 10.2 Å². The molecule has 0 aliphatic carbocycles. The third-order valence-electron chi connectivity index (χ3n) is 2.71. The van der Waals surface area contributed by atoms with Crippen molar-refractivity contribution in [1.29, 1.82) is 0 Å². The van der Waals surface area contributed by atoms with Crippen LogP contribution in [-0.2, 0) is 6.42 Å². The highest BCUT2D eigenvalue weighted by Gasteiger charge is 2.09. The van der Waals surface area contributed by atoms with E-state index in [9.17, 15) is 0 Å². The Labute approximate surface area is 109 Å². The lowest BCUT2D eigenvalue weighted by Crippen LogP contribution is -2.30. The van der Waals surface area contributed by atoms with Crippen LogP contribution in [0, 0.1) is 6.92 Å². The fourth-order valence-corrected chi connectivity index (χ4v) is 2.23. The molecule has 0 bridgehead atoms. The van der Waals surface area contributed by atoms with E-state index in [-0.39, 0.29) is 0 Å². The van der Waals surface area contributed by atoms with Crippen molar-refractivity contribution < 1.29 is 4.74 Å². The molecule has 0 amide bonds. The predicted octanol–water partition coefficient (Wildman–Crippen LogP) is 2.31. The second kappa shape index (κ2) is 6.84. The second-order valence-corrected chi connectivity index (χ2v) is 4.69. The van der Waals surface area contributed by atoms with Gasteiger partial charge in [0, 0.05) is 18.2 Å². The van der Waals surface area contributed by atoms with Crippen molar-refractivity contribution >= 4 is 11.6 Å². The van der Waals surface area contributed by atoms with E-state index in [4.69, 9.17) is 16.3 Å². The number of likely N-dealkylation sites (N-methyl/N-ethyl adjacent to an activating group) is 1. The number of halogens is 1. The van der Waals surface area contributed by atoms with Gasteiger partial charge in [0.25, 0.3) is 0 Å². The maximum Gasteiger partial charge on any atom is 0.125 e. The summed E-state index contributed by atoms with van der Waals surface area (Å²) in [5, 5.41) is 3.90. The number of benzene rings is 1. The van der Waals surface area contributed by atoms with Crippen molar-refractivity contribution in [3.05, 3.63) is 28.3 Å². The van der Waals surface area contributed by atoms with Crippen LogP contribution < -0.4 is 10.1 Å². The van der Waals surface area contributed by atoms with Gasteiger partial charge in [-0.05, 0) is 50.7 Å². The molecule has 1 aromatic rings. The van der Waals surface area contributed by atoms with Crippen LogP contribution in [0.1, 0.15) is 11.1 Å². The van der Waals surface area contributed by atoms with Gasteiger partial charge >= 0.3 is 0 Å². The molecule has 17 heavy (non-hydrogen) atoms. The smallest absolute Gasteiger partial charge is 0.125 e. The van der Waals surface area contributed by atoms with E-state index >= 15 is 0 Å². The van der Waals surface area contributed by atoms with Crippen LogP contribution in [0.2, 0.25) is 5.02 Å². The Morgan fingerprint density at radius 2 is 2.12 bits per heavy atom. The molecule has 0 aliphatic heterocycles.